The highest BCUT2D eigenvalue weighted by Gasteiger charge is 2.38. The minimum absolute atomic E-state index is 0. The van der Waals surface area contributed by atoms with Crippen molar-refractivity contribution in [2.75, 3.05) is 26.2 Å². The number of furan rings is 1. The number of aromatic nitrogens is 1. The Balaban J connectivity index is 0.00000180. The van der Waals surface area contributed by atoms with Crippen molar-refractivity contribution in [2.45, 2.75) is 0 Å². The maximum atomic E-state index is 13.3. The SMILES string of the molecule is Cl.O=C(c1cc(-c2ccco2)nc2c(Cl)cccc12)N1C[C@H]2CNC[C@H]2C1. The van der Waals surface area contributed by atoms with Crippen molar-refractivity contribution in [3.05, 3.63) is 53.2 Å². The minimum Gasteiger partial charge on any atom is -0.463 e. The van der Waals surface area contributed by atoms with E-state index in [1.54, 1.807) is 12.3 Å². The van der Waals surface area contributed by atoms with E-state index in [0.717, 1.165) is 31.6 Å². The van der Waals surface area contributed by atoms with Crippen LogP contribution in [0.4, 0.5) is 0 Å². The number of fused-ring (bicyclic) bond motifs is 2. The smallest absolute Gasteiger partial charge is 0.254 e. The van der Waals surface area contributed by atoms with Crippen LogP contribution in [0.5, 0.6) is 0 Å². The lowest BCUT2D eigenvalue weighted by molar-refractivity contribution is 0.0783. The summed E-state index contributed by atoms with van der Waals surface area (Å²) >= 11 is 6.38. The molecule has 2 atom stereocenters. The quantitative estimate of drug-likeness (QED) is 0.705. The molecule has 2 aliphatic heterocycles. The van der Waals surface area contributed by atoms with Crippen molar-refractivity contribution in [1.82, 2.24) is 15.2 Å². The van der Waals surface area contributed by atoms with Crippen LogP contribution in [0.1, 0.15) is 10.4 Å². The van der Waals surface area contributed by atoms with Gasteiger partial charge in [0.25, 0.3) is 5.91 Å². The molecule has 27 heavy (non-hydrogen) atoms. The summed E-state index contributed by atoms with van der Waals surface area (Å²) in [6.45, 7) is 3.60. The predicted molar refractivity (Wildman–Crippen MR) is 107 cm³/mol. The number of nitrogens with one attached hydrogen (secondary N) is 1. The zero-order valence-electron chi connectivity index (χ0n) is 14.5. The Bertz CT molecular complexity index is 978. The number of rotatable bonds is 2. The van der Waals surface area contributed by atoms with Crippen LogP contribution in [0.3, 0.4) is 0 Å². The molecule has 2 saturated heterocycles. The Morgan fingerprint density at radius 1 is 1.19 bits per heavy atom. The van der Waals surface area contributed by atoms with Gasteiger partial charge in [-0.05, 0) is 36.1 Å². The van der Waals surface area contributed by atoms with E-state index in [2.05, 4.69) is 10.3 Å². The number of para-hydroxylation sites is 1. The maximum Gasteiger partial charge on any atom is 0.254 e. The lowest BCUT2D eigenvalue weighted by Crippen LogP contribution is -2.32. The van der Waals surface area contributed by atoms with E-state index in [1.165, 1.54) is 0 Å². The van der Waals surface area contributed by atoms with Gasteiger partial charge in [0.2, 0.25) is 0 Å². The Morgan fingerprint density at radius 2 is 1.96 bits per heavy atom. The van der Waals surface area contributed by atoms with Crippen LogP contribution < -0.4 is 5.32 Å². The highest BCUT2D eigenvalue weighted by atomic mass is 35.5. The number of carbonyl (C=O) groups excluding carboxylic acids is 1. The van der Waals surface area contributed by atoms with Gasteiger partial charge in [-0.2, -0.15) is 0 Å². The molecule has 1 amide bonds. The fourth-order valence-electron chi connectivity index (χ4n) is 4.13. The first-order chi connectivity index (χ1) is 12.7. The summed E-state index contributed by atoms with van der Waals surface area (Å²) in [7, 11) is 0. The summed E-state index contributed by atoms with van der Waals surface area (Å²) in [5.74, 6) is 1.78. The number of hydrogen-bond acceptors (Lipinski definition) is 4. The second kappa shape index (κ2) is 7.15. The van der Waals surface area contributed by atoms with Crippen molar-refractivity contribution in [2.24, 2.45) is 11.8 Å². The van der Waals surface area contributed by atoms with Crippen LogP contribution in [0, 0.1) is 11.8 Å². The zero-order chi connectivity index (χ0) is 17.7. The van der Waals surface area contributed by atoms with Crippen molar-refractivity contribution >= 4 is 40.8 Å². The number of hydrogen-bond donors (Lipinski definition) is 1. The van der Waals surface area contributed by atoms with Crippen LogP contribution in [0.2, 0.25) is 5.02 Å². The van der Waals surface area contributed by atoms with E-state index in [9.17, 15) is 4.79 Å². The predicted octanol–water partition coefficient (Wildman–Crippen LogP) is 3.86. The molecule has 1 N–H and O–H groups in total. The second-order valence-corrected chi connectivity index (χ2v) is 7.46. The van der Waals surface area contributed by atoms with Crippen LogP contribution in [0.25, 0.3) is 22.4 Å². The van der Waals surface area contributed by atoms with Gasteiger partial charge in [0.05, 0.1) is 22.4 Å². The fourth-order valence-corrected chi connectivity index (χ4v) is 4.35. The molecule has 5 nitrogen and oxygen atoms in total. The third kappa shape index (κ3) is 3.10. The molecule has 1 aromatic carbocycles. The molecule has 2 aliphatic rings. The molecule has 0 saturated carbocycles. The molecule has 0 aliphatic carbocycles. The number of amides is 1. The summed E-state index contributed by atoms with van der Waals surface area (Å²) < 4.78 is 5.49. The molecule has 0 spiro atoms. The molecule has 0 bridgehead atoms. The molecule has 3 aromatic rings. The Kier molecular flexibility index (Phi) is 4.84. The largest absolute Gasteiger partial charge is 0.463 e. The molecular weight excluding hydrogens is 385 g/mol. The van der Waals surface area contributed by atoms with Gasteiger partial charge in [0, 0.05) is 31.6 Å². The monoisotopic (exact) mass is 403 g/mol. The van der Waals surface area contributed by atoms with Crippen molar-refractivity contribution in [1.29, 1.82) is 0 Å². The topological polar surface area (TPSA) is 58.4 Å². The average molecular weight is 404 g/mol. The van der Waals surface area contributed by atoms with Gasteiger partial charge >= 0.3 is 0 Å². The Hall–Kier alpha value is -2.08. The van der Waals surface area contributed by atoms with Gasteiger partial charge in [-0.25, -0.2) is 4.98 Å². The van der Waals surface area contributed by atoms with Crippen LogP contribution >= 0.6 is 24.0 Å². The van der Waals surface area contributed by atoms with E-state index in [0.29, 0.717) is 39.4 Å². The standard InChI is InChI=1S/C20H18ClN3O2.ClH/c21-16-4-1-3-14-15(7-17(23-19(14)16)18-5-2-6-26-18)20(25)24-10-12-8-22-9-13(12)11-24;/h1-7,12-13,22H,8-11H2;1H/t12-,13+;. The maximum absolute atomic E-state index is 13.3. The first-order valence-corrected chi connectivity index (χ1v) is 9.21. The van der Waals surface area contributed by atoms with Gasteiger partial charge in [-0.3, -0.25) is 4.79 Å². The van der Waals surface area contributed by atoms with Crippen LogP contribution in [-0.2, 0) is 0 Å². The third-order valence-electron chi connectivity index (χ3n) is 5.47. The van der Waals surface area contributed by atoms with Crippen LogP contribution in [-0.4, -0.2) is 42.0 Å². The first-order valence-electron chi connectivity index (χ1n) is 8.84. The zero-order valence-corrected chi connectivity index (χ0v) is 16.1. The third-order valence-corrected chi connectivity index (χ3v) is 5.78. The van der Waals surface area contributed by atoms with Crippen molar-refractivity contribution in [3.63, 3.8) is 0 Å². The molecule has 0 unspecified atom stereocenters. The number of nitrogens with zero attached hydrogens (tertiary/aromatic N) is 2. The van der Waals surface area contributed by atoms with Gasteiger partial charge in [-0.15, -0.1) is 12.4 Å². The Labute approximate surface area is 168 Å². The fraction of sp³-hybridized carbons (Fsp3) is 0.300. The van der Waals surface area contributed by atoms with E-state index in [-0.39, 0.29) is 18.3 Å². The van der Waals surface area contributed by atoms with E-state index in [1.807, 2.05) is 35.2 Å². The molecule has 4 heterocycles. The van der Waals surface area contributed by atoms with Crippen LogP contribution in [0.15, 0.2) is 47.1 Å². The molecular formula is C20H19Cl2N3O2. The summed E-state index contributed by atoms with van der Waals surface area (Å²) in [4.78, 5) is 19.9. The summed E-state index contributed by atoms with van der Waals surface area (Å²) in [6.07, 6.45) is 1.60. The van der Waals surface area contributed by atoms with Gasteiger partial charge in [0.15, 0.2) is 5.76 Å². The second-order valence-electron chi connectivity index (χ2n) is 7.06. The lowest BCUT2D eigenvalue weighted by Gasteiger charge is -2.19. The molecule has 0 radical (unpaired) electrons. The van der Waals surface area contributed by atoms with E-state index >= 15 is 0 Å². The molecule has 2 fully saturated rings. The first kappa shape index (κ1) is 18.3. The highest BCUT2D eigenvalue weighted by molar-refractivity contribution is 6.35. The van der Waals surface area contributed by atoms with Gasteiger partial charge < -0.3 is 14.6 Å². The summed E-state index contributed by atoms with van der Waals surface area (Å²) in [5, 5.41) is 4.73. The van der Waals surface area contributed by atoms with E-state index < -0.39 is 0 Å². The van der Waals surface area contributed by atoms with Crippen molar-refractivity contribution < 1.29 is 9.21 Å². The number of halogens is 2. The summed E-state index contributed by atoms with van der Waals surface area (Å²) in [5.41, 5.74) is 1.89. The average Bonchev–Trinajstić information content (AvgIpc) is 3.37. The lowest BCUT2D eigenvalue weighted by atomic mass is 10.0. The normalized spacial score (nSPS) is 21.3. The minimum atomic E-state index is 0. The Morgan fingerprint density at radius 3 is 2.67 bits per heavy atom. The molecule has 2 aromatic heterocycles. The number of likely N-dealkylation sites (tertiary alicyclic amines) is 1. The molecule has 140 valence electrons. The van der Waals surface area contributed by atoms with E-state index in [4.69, 9.17) is 16.0 Å². The highest BCUT2D eigenvalue weighted by Crippen LogP contribution is 2.32. The van der Waals surface area contributed by atoms with Gasteiger partial charge in [0.1, 0.15) is 5.69 Å². The number of benzene rings is 1. The number of carbonyl (C=O) groups is 1. The van der Waals surface area contributed by atoms with Gasteiger partial charge in [-0.1, -0.05) is 23.7 Å². The molecule has 5 rings (SSSR count). The molecule has 7 heteroatoms. The van der Waals surface area contributed by atoms with Crippen molar-refractivity contribution in [3.8, 4) is 11.5 Å². The number of pyridine rings is 1. The summed E-state index contributed by atoms with van der Waals surface area (Å²) in [6, 6.07) is 11.0.